The van der Waals surface area contributed by atoms with Crippen LogP contribution >= 0.6 is 12.4 Å². The van der Waals surface area contributed by atoms with Gasteiger partial charge in [0.05, 0.1) is 6.61 Å². The van der Waals surface area contributed by atoms with E-state index in [1.165, 1.54) is 6.07 Å². The van der Waals surface area contributed by atoms with Gasteiger partial charge in [0.25, 0.3) is 5.91 Å². The molecule has 0 bridgehead atoms. The molecule has 0 atom stereocenters. The van der Waals surface area contributed by atoms with Crippen LogP contribution in [0.25, 0.3) is 0 Å². The zero-order chi connectivity index (χ0) is 21.3. The Morgan fingerprint density at radius 1 is 1.07 bits per heavy atom. The molecule has 2 aromatic rings. The lowest BCUT2D eigenvalue weighted by Crippen LogP contribution is -2.43. The number of rotatable bonds is 10. The highest BCUT2D eigenvalue weighted by atomic mass is 35.5. The lowest BCUT2D eigenvalue weighted by Gasteiger charge is -2.21. The third-order valence-corrected chi connectivity index (χ3v) is 4.04. The molecule has 0 unspecified atom stereocenters. The average Bonchev–Trinajstić information content (AvgIpc) is 2.65. The van der Waals surface area contributed by atoms with Gasteiger partial charge in [-0.2, -0.15) is 0 Å². The van der Waals surface area contributed by atoms with Gasteiger partial charge in [0.15, 0.2) is 18.1 Å². The number of amides is 1. The highest BCUT2D eigenvalue weighted by molar-refractivity contribution is 5.85. The van der Waals surface area contributed by atoms with Gasteiger partial charge in [0.2, 0.25) is 0 Å². The SMILES string of the molecule is CCOc1cc(CNCCc2ccccc2F)ccc1OCC(=O)NC(C)(C)C.Cl. The van der Waals surface area contributed by atoms with Crippen molar-refractivity contribution in [1.82, 2.24) is 10.6 Å². The Kier molecular flexibility index (Phi) is 10.6. The molecule has 0 aromatic heterocycles. The number of carbonyl (C=O) groups excluding carboxylic acids is 1. The molecule has 0 aliphatic rings. The molecule has 0 fully saturated rings. The Bertz CT molecular complexity index is 809. The summed E-state index contributed by atoms with van der Waals surface area (Å²) in [6, 6.07) is 12.4. The predicted molar refractivity (Wildman–Crippen MR) is 120 cm³/mol. The first-order chi connectivity index (χ1) is 13.8. The summed E-state index contributed by atoms with van der Waals surface area (Å²) in [4.78, 5) is 12.0. The van der Waals surface area contributed by atoms with Crippen molar-refractivity contribution in [3.05, 3.63) is 59.4 Å². The van der Waals surface area contributed by atoms with Gasteiger partial charge in [-0.25, -0.2) is 4.39 Å². The molecular weight excluding hydrogens is 407 g/mol. The van der Waals surface area contributed by atoms with Crippen LogP contribution in [0, 0.1) is 5.82 Å². The van der Waals surface area contributed by atoms with E-state index in [1.54, 1.807) is 12.1 Å². The van der Waals surface area contributed by atoms with Crippen LogP contribution in [0.1, 0.15) is 38.8 Å². The second kappa shape index (κ2) is 12.4. The number of benzene rings is 2. The molecule has 0 spiro atoms. The molecule has 2 N–H and O–H groups in total. The summed E-state index contributed by atoms with van der Waals surface area (Å²) in [7, 11) is 0. The minimum absolute atomic E-state index is 0. The highest BCUT2D eigenvalue weighted by Crippen LogP contribution is 2.28. The lowest BCUT2D eigenvalue weighted by molar-refractivity contribution is -0.124. The average molecular weight is 439 g/mol. The van der Waals surface area contributed by atoms with Crippen molar-refractivity contribution >= 4 is 18.3 Å². The van der Waals surface area contributed by atoms with E-state index in [4.69, 9.17) is 9.47 Å². The van der Waals surface area contributed by atoms with Crippen LogP contribution in [0.5, 0.6) is 11.5 Å². The quantitative estimate of drug-likeness (QED) is 0.544. The molecule has 0 aliphatic carbocycles. The molecular formula is C23H32ClFN2O3. The maximum absolute atomic E-state index is 13.7. The normalized spacial score (nSPS) is 10.8. The number of carbonyl (C=O) groups is 1. The molecule has 0 saturated heterocycles. The molecule has 0 heterocycles. The third kappa shape index (κ3) is 9.01. The minimum atomic E-state index is -0.304. The largest absolute Gasteiger partial charge is 0.490 e. The summed E-state index contributed by atoms with van der Waals surface area (Å²) >= 11 is 0. The van der Waals surface area contributed by atoms with Gasteiger partial charge < -0.3 is 20.1 Å². The first-order valence-electron chi connectivity index (χ1n) is 9.92. The van der Waals surface area contributed by atoms with E-state index >= 15 is 0 Å². The molecule has 30 heavy (non-hydrogen) atoms. The van der Waals surface area contributed by atoms with Crippen LogP contribution in [0.3, 0.4) is 0 Å². The second-order valence-corrected chi connectivity index (χ2v) is 7.82. The fourth-order valence-electron chi connectivity index (χ4n) is 2.80. The van der Waals surface area contributed by atoms with Crippen molar-refractivity contribution in [2.45, 2.75) is 46.2 Å². The van der Waals surface area contributed by atoms with E-state index in [2.05, 4.69) is 10.6 Å². The van der Waals surface area contributed by atoms with Crippen molar-refractivity contribution in [3.8, 4) is 11.5 Å². The zero-order valence-corrected chi connectivity index (χ0v) is 18.9. The number of nitrogens with one attached hydrogen (secondary N) is 2. The summed E-state index contributed by atoms with van der Waals surface area (Å²) in [5, 5.41) is 6.18. The van der Waals surface area contributed by atoms with E-state index in [-0.39, 0.29) is 36.3 Å². The van der Waals surface area contributed by atoms with Crippen molar-refractivity contribution in [2.24, 2.45) is 0 Å². The second-order valence-electron chi connectivity index (χ2n) is 7.82. The van der Waals surface area contributed by atoms with E-state index < -0.39 is 0 Å². The van der Waals surface area contributed by atoms with Gasteiger partial charge in [-0.05, 0) is 70.0 Å². The smallest absolute Gasteiger partial charge is 0.258 e. The maximum atomic E-state index is 13.7. The van der Waals surface area contributed by atoms with Crippen LogP contribution in [0.15, 0.2) is 42.5 Å². The van der Waals surface area contributed by atoms with E-state index in [9.17, 15) is 9.18 Å². The van der Waals surface area contributed by atoms with Crippen LogP contribution in [-0.4, -0.2) is 31.2 Å². The molecule has 0 radical (unpaired) electrons. The Morgan fingerprint density at radius 3 is 2.47 bits per heavy atom. The van der Waals surface area contributed by atoms with Crippen molar-refractivity contribution in [2.75, 3.05) is 19.8 Å². The fraction of sp³-hybridized carbons (Fsp3) is 0.435. The number of hydrogen-bond acceptors (Lipinski definition) is 4. The topological polar surface area (TPSA) is 59.6 Å². The van der Waals surface area contributed by atoms with Crippen LogP contribution in [0.4, 0.5) is 4.39 Å². The maximum Gasteiger partial charge on any atom is 0.258 e. The molecule has 2 rings (SSSR count). The molecule has 0 aliphatic heterocycles. The van der Waals surface area contributed by atoms with E-state index in [1.807, 2.05) is 52.0 Å². The summed E-state index contributed by atoms with van der Waals surface area (Å²) < 4.78 is 25.0. The molecule has 2 aromatic carbocycles. The molecule has 5 nitrogen and oxygen atoms in total. The van der Waals surface area contributed by atoms with Gasteiger partial charge in [-0.1, -0.05) is 24.3 Å². The summed E-state index contributed by atoms with van der Waals surface area (Å²) in [5.74, 6) is 0.777. The lowest BCUT2D eigenvalue weighted by atomic mass is 10.1. The van der Waals surface area contributed by atoms with Crippen LogP contribution in [-0.2, 0) is 17.8 Å². The minimum Gasteiger partial charge on any atom is -0.490 e. The standard InChI is InChI=1S/C23H31FN2O3.ClH/c1-5-28-21-14-17(15-25-13-12-18-8-6-7-9-19(18)24)10-11-20(21)29-16-22(27)26-23(2,3)4;/h6-11,14,25H,5,12-13,15-16H2,1-4H3,(H,26,27);1H. The van der Waals surface area contributed by atoms with Crippen molar-refractivity contribution < 1.29 is 18.7 Å². The highest BCUT2D eigenvalue weighted by Gasteiger charge is 2.15. The summed E-state index contributed by atoms with van der Waals surface area (Å²) in [6.07, 6.45) is 0.620. The Balaban J connectivity index is 0.00000450. The third-order valence-electron chi connectivity index (χ3n) is 4.04. The van der Waals surface area contributed by atoms with Crippen LogP contribution in [0.2, 0.25) is 0 Å². The van der Waals surface area contributed by atoms with Gasteiger partial charge in [-0.3, -0.25) is 4.79 Å². The van der Waals surface area contributed by atoms with Gasteiger partial charge >= 0.3 is 0 Å². The zero-order valence-electron chi connectivity index (χ0n) is 18.1. The van der Waals surface area contributed by atoms with Gasteiger partial charge in [0, 0.05) is 12.1 Å². The predicted octanol–water partition coefficient (Wildman–Crippen LogP) is 4.27. The van der Waals surface area contributed by atoms with Crippen LogP contribution < -0.4 is 20.1 Å². The number of hydrogen-bond donors (Lipinski definition) is 2. The van der Waals surface area contributed by atoms with Gasteiger partial charge in [-0.15, -0.1) is 12.4 Å². The molecule has 7 heteroatoms. The fourth-order valence-corrected chi connectivity index (χ4v) is 2.80. The van der Waals surface area contributed by atoms with Crippen molar-refractivity contribution in [3.63, 3.8) is 0 Å². The first-order valence-corrected chi connectivity index (χ1v) is 9.92. The number of ether oxygens (including phenoxy) is 2. The molecule has 166 valence electrons. The Morgan fingerprint density at radius 2 is 1.80 bits per heavy atom. The molecule has 1 amide bonds. The summed E-state index contributed by atoms with van der Waals surface area (Å²) in [5.41, 5.74) is 1.42. The van der Waals surface area contributed by atoms with Gasteiger partial charge in [0.1, 0.15) is 5.82 Å². The first kappa shape index (κ1) is 25.7. The molecule has 0 saturated carbocycles. The van der Waals surface area contributed by atoms with Crippen molar-refractivity contribution in [1.29, 1.82) is 0 Å². The van der Waals surface area contributed by atoms with E-state index in [0.29, 0.717) is 43.2 Å². The number of halogens is 2. The Hall–Kier alpha value is -2.31. The Labute approximate surface area is 184 Å². The summed E-state index contributed by atoms with van der Waals surface area (Å²) in [6.45, 7) is 9.37. The monoisotopic (exact) mass is 438 g/mol. The van der Waals surface area contributed by atoms with E-state index in [0.717, 1.165) is 5.56 Å².